The smallest absolute Gasteiger partial charge is 0.198 e. The first-order valence-corrected chi connectivity index (χ1v) is 8.12. The van der Waals surface area contributed by atoms with Crippen LogP contribution in [0.2, 0.25) is 0 Å². The van der Waals surface area contributed by atoms with Gasteiger partial charge < -0.3 is 9.64 Å². The standard InChI is InChI=1S/C17H21F2NO2.C2H6/c1-5-7-16(22-6-2)13(11-20(3)4)17(21)12-8-9-14(18)15(19)10-12;1-2/h7-11H,5-6H2,1-4H3;1-2H3/b13-11+,16-7+;. The monoisotopic (exact) mass is 339 g/mol. The molecule has 1 aromatic carbocycles. The second kappa shape index (κ2) is 11.4. The van der Waals surface area contributed by atoms with E-state index in [0.29, 0.717) is 24.4 Å². The summed E-state index contributed by atoms with van der Waals surface area (Å²) in [5, 5.41) is 0. The number of carbonyl (C=O) groups excluding carboxylic acids is 1. The second-order valence-corrected chi connectivity index (χ2v) is 4.87. The van der Waals surface area contributed by atoms with Crippen LogP contribution in [0.1, 0.15) is 44.5 Å². The van der Waals surface area contributed by atoms with Gasteiger partial charge in [0, 0.05) is 25.9 Å². The molecule has 0 unspecified atom stereocenters. The zero-order valence-electron chi connectivity index (χ0n) is 15.3. The first-order chi connectivity index (χ1) is 11.4. The number of hydrogen-bond donors (Lipinski definition) is 0. The van der Waals surface area contributed by atoms with Crippen molar-refractivity contribution in [1.82, 2.24) is 4.90 Å². The van der Waals surface area contributed by atoms with Gasteiger partial charge in [-0.05, 0) is 37.6 Å². The Bertz CT molecular complexity index is 593. The number of nitrogens with zero attached hydrogens (tertiary/aromatic N) is 1. The molecule has 0 saturated heterocycles. The lowest BCUT2D eigenvalue weighted by Crippen LogP contribution is -2.14. The Labute approximate surface area is 143 Å². The number of ether oxygens (including phenoxy) is 1. The Morgan fingerprint density at radius 1 is 1.17 bits per heavy atom. The van der Waals surface area contributed by atoms with Crippen molar-refractivity contribution >= 4 is 5.78 Å². The van der Waals surface area contributed by atoms with Crippen LogP contribution in [0.5, 0.6) is 0 Å². The van der Waals surface area contributed by atoms with Crippen LogP contribution in [0.4, 0.5) is 8.78 Å². The van der Waals surface area contributed by atoms with Crippen LogP contribution >= 0.6 is 0 Å². The Balaban J connectivity index is 0.00000254. The highest BCUT2D eigenvalue weighted by molar-refractivity contribution is 6.11. The zero-order chi connectivity index (χ0) is 18.7. The maximum atomic E-state index is 13.4. The van der Waals surface area contributed by atoms with E-state index in [9.17, 15) is 13.6 Å². The molecule has 0 spiro atoms. The molecule has 0 saturated carbocycles. The summed E-state index contributed by atoms with van der Waals surface area (Å²) in [5.41, 5.74) is 0.383. The van der Waals surface area contributed by atoms with Gasteiger partial charge in [-0.25, -0.2) is 8.78 Å². The van der Waals surface area contributed by atoms with Gasteiger partial charge in [-0.2, -0.15) is 0 Å². The minimum atomic E-state index is -1.05. The van der Waals surface area contributed by atoms with Crippen LogP contribution in [0.15, 0.2) is 41.8 Å². The minimum absolute atomic E-state index is 0.0775. The summed E-state index contributed by atoms with van der Waals surface area (Å²) in [6, 6.07) is 3.11. The molecule has 134 valence electrons. The SMILES string of the molecule is CC.CC/C=C(OCC)\C(=C/N(C)C)C(=O)c1ccc(F)c(F)c1. The molecule has 5 heteroatoms. The van der Waals surface area contributed by atoms with E-state index in [-0.39, 0.29) is 5.56 Å². The molecule has 0 heterocycles. The van der Waals surface area contributed by atoms with Crippen LogP contribution < -0.4 is 0 Å². The molecule has 0 atom stereocenters. The van der Waals surface area contributed by atoms with Gasteiger partial charge in [-0.3, -0.25) is 4.79 Å². The summed E-state index contributed by atoms with van der Waals surface area (Å²) in [4.78, 5) is 14.3. The average Bonchev–Trinajstić information content (AvgIpc) is 2.56. The van der Waals surface area contributed by atoms with Crippen LogP contribution in [0.3, 0.4) is 0 Å². The van der Waals surface area contributed by atoms with E-state index in [2.05, 4.69) is 0 Å². The third kappa shape index (κ3) is 6.52. The molecule has 0 N–H and O–H groups in total. The Kier molecular flexibility index (Phi) is 10.3. The third-order valence-corrected chi connectivity index (χ3v) is 2.77. The molecule has 0 amide bonds. The minimum Gasteiger partial charge on any atom is -0.493 e. The molecule has 24 heavy (non-hydrogen) atoms. The maximum absolute atomic E-state index is 13.4. The summed E-state index contributed by atoms with van der Waals surface area (Å²) in [6.45, 7) is 8.15. The summed E-state index contributed by atoms with van der Waals surface area (Å²) in [5.74, 6) is -2.01. The van der Waals surface area contributed by atoms with Crippen molar-refractivity contribution in [3.05, 3.63) is 59.0 Å². The fourth-order valence-corrected chi connectivity index (χ4v) is 1.87. The van der Waals surface area contributed by atoms with Crippen molar-refractivity contribution in [2.45, 2.75) is 34.1 Å². The van der Waals surface area contributed by atoms with Crippen molar-refractivity contribution in [3.8, 4) is 0 Å². The largest absolute Gasteiger partial charge is 0.493 e. The van der Waals surface area contributed by atoms with Gasteiger partial charge in [0.2, 0.25) is 0 Å². The van der Waals surface area contributed by atoms with Gasteiger partial charge in [-0.15, -0.1) is 0 Å². The molecular formula is C19H27F2NO2. The first kappa shape index (κ1) is 21.8. The van der Waals surface area contributed by atoms with Gasteiger partial charge in [-0.1, -0.05) is 20.8 Å². The summed E-state index contributed by atoms with van der Waals surface area (Å²) >= 11 is 0. The van der Waals surface area contributed by atoms with Gasteiger partial charge >= 0.3 is 0 Å². The predicted octanol–water partition coefficient (Wildman–Crippen LogP) is 4.95. The molecule has 1 aromatic rings. The highest BCUT2D eigenvalue weighted by Gasteiger charge is 2.19. The summed E-state index contributed by atoms with van der Waals surface area (Å²) in [7, 11) is 3.54. The van der Waals surface area contributed by atoms with E-state index in [1.165, 1.54) is 6.07 Å². The normalized spacial score (nSPS) is 11.5. The van der Waals surface area contributed by atoms with E-state index in [0.717, 1.165) is 12.1 Å². The first-order valence-electron chi connectivity index (χ1n) is 8.12. The van der Waals surface area contributed by atoms with E-state index < -0.39 is 17.4 Å². The van der Waals surface area contributed by atoms with Crippen LogP contribution in [0.25, 0.3) is 0 Å². The van der Waals surface area contributed by atoms with Crippen molar-refractivity contribution < 1.29 is 18.3 Å². The zero-order valence-corrected chi connectivity index (χ0v) is 15.3. The lowest BCUT2D eigenvalue weighted by Gasteiger charge is -2.15. The lowest BCUT2D eigenvalue weighted by atomic mass is 10.0. The molecule has 0 aromatic heterocycles. The Morgan fingerprint density at radius 3 is 2.25 bits per heavy atom. The molecule has 0 aliphatic heterocycles. The number of carbonyl (C=O) groups is 1. The highest BCUT2D eigenvalue weighted by Crippen LogP contribution is 2.20. The van der Waals surface area contributed by atoms with Gasteiger partial charge in [0.25, 0.3) is 0 Å². The van der Waals surface area contributed by atoms with Crippen LogP contribution in [-0.4, -0.2) is 31.4 Å². The summed E-state index contributed by atoms with van der Waals surface area (Å²) in [6.07, 6.45) is 4.09. The maximum Gasteiger partial charge on any atom is 0.198 e. The molecule has 1 rings (SSSR count). The predicted molar refractivity (Wildman–Crippen MR) is 93.8 cm³/mol. The number of benzene rings is 1. The van der Waals surface area contributed by atoms with Crippen LogP contribution in [0, 0.1) is 11.6 Å². The molecule has 3 nitrogen and oxygen atoms in total. The molecule has 0 aliphatic carbocycles. The molecular weight excluding hydrogens is 312 g/mol. The fraction of sp³-hybridized carbons (Fsp3) is 0.421. The molecule has 0 aliphatic rings. The van der Waals surface area contributed by atoms with Crippen LogP contribution in [-0.2, 0) is 4.74 Å². The van der Waals surface area contributed by atoms with Gasteiger partial charge in [0.05, 0.1) is 12.2 Å². The Hall–Kier alpha value is -2.17. The number of hydrogen-bond acceptors (Lipinski definition) is 3. The number of allylic oxidation sites excluding steroid dienone is 2. The molecule has 0 fully saturated rings. The van der Waals surface area contributed by atoms with Gasteiger partial charge in [0.15, 0.2) is 17.4 Å². The van der Waals surface area contributed by atoms with E-state index in [1.54, 1.807) is 31.3 Å². The molecule has 0 radical (unpaired) electrons. The Morgan fingerprint density at radius 2 is 1.79 bits per heavy atom. The highest BCUT2D eigenvalue weighted by atomic mass is 19.2. The fourth-order valence-electron chi connectivity index (χ4n) is 1.87. The average molecular weight is 339 g/mol. The quantitative estimate of drug-likeness (QED) is 0.305. The van der Waals surface area contributed by atoms with Gasteiger partial charge in [0.1, 0.15) is 5.76 Å². The number of Topliss-reactive ketones (excluding diaryl/α,β-unsaturated/α-hetero) is 1. The number of rotatable bonds is 7. The van der Waals surface area contributed by atoms with E-state index in [1.807, 2.05) is 27.7 Å². The van der Waals surface area contributed by atoms with E-state index >= 15 is 0 Å². The van der Waals surface area contributed by atoms with Crippen molar-refractivity contribution in [1.29, 1.82) is 0 Å². The summed E-state index contributed by atoms with van der Waals surface area (Å²) < 4.78 is 31.9. The van der Waals surface area contributed by atoms with E-state index in [4.69, 9.17) is 4.74 Å². The topological polar surface area (TPSA) is 29.5 Å². The van der Waals surface area contributed by atoms with Crippen molar-refractivity contribution in [2.24, 2.45) is 0 Å². The number of ketones is 1. The molecule has 0 bridgehead atoms. The number of halogens is 2. The lowest BCUT2D eigenvalue weighted by molar-refractivity contribution is 0.102. The van der Waals surface area contributed by atoms with Crippen molar-refractivity contribution in [2.75, 3.05) is 20.7 Å². The van der Waals surface area contributed by atoms with Crippen molar-refractivity contribution in [3.63, 3.8) is 0 Å². The third-order valence-electron chi connectivity index (χ3n) is 2.77. The second-order valence-electron chi connectivity index (χ2n) is 4.87.